The molecule has 3 aromatic carbocycles. The second kappa shape index (κ2) is 10.7. The maximum absolute atomic E-state index is 12.9. The first kappa shape index (κ1) is 24.7. The average Bonchev–Trinajstić information content (AvgIpc) is 3.32. The molecule has 0 aliphatic heterocycles. The molecule has 0 fully saturated rings. The molecule has 0 saturated heterocycles. The Morgan fingerprint density at radius 1 is 0.800 bits per heavy atom. The third-order valence-electron chi connectivity index (χ3n) is 6.41. The van der Waals surface area contributed by atoms with Crippen LogP contribution in [-0.4, -0.2) is 31.6 Å². The number of aromatic nitrogens is 4. The van der Waals surface area contributed by atoms with Gasteiger partial charge in [-0.15, -0.1) is 10.2 Å². The molecule has 0 atom stereocenters. The lowest BCUT2D eigenvalue weighted by Crippen LogP contribution is -2.14. The van der Waals surface area contributed by atoms with E-state index in [9.17, 15) is 9.59 Å². The van der Waals surface area contributed by atoms with Crippen molar-refractivity contribution in [3.05, 3.63) is 109 Å². The third kappa shape index (κ3) is 5.34. The number of amides is 2. The topological polar surface area (TPSA) is 114 Å². The molecule has 3 heterocycles. The smallest absolute Gasteiger partial charge is 0.228 e. The van der Waals surface area contributed by atoms with Crippen LogP contribution in [0.3, 0.4) is 0 Å². The predicted octanol–water partition coefficient (Wildman–Crippen LogP) is 5.85. The van der Waals surface area contributed by atoms with Crippen LogP contribution in [0.1, 0.15) is 12.5 Å². The minimum atomic E-state index is -0.147. The van der Waals surface area contributed by atoms with Crippen LogP contribution in [0.5, 0.6) is 0 Å². The molecule has 0 unspecified atom stereocenters. The number of nitrogens with one attached hydrogen (secondary N) is 3. The Hall–Kier alpha value is -5.57. The Morgan fingerprint density at radius 3 is 2.35 bits per heavy atom. The lowest BCUT2D eigenvalue weighted by atomic mass is 10.1. The first-order chi connectivity index (χ1) is 19.5. The van der Waals surface area contributed by atoms with Gasteiger partial charge in [0.15, 0.2) is 11.6 Å². The van der Waals surface area contributed by atoms with E-state index in [1.807, 2.05) is 77.5 Å². The van der Waals surface area contributed by atoms with Gasteiger partial charge in [-0.3, -0.25) is 19.1 Å². The lowest BCUT2D eigenvalue weighted by Gasteiger charge is -2.08. The largest absolute Gasteiger partial charge is 0.339 e. The highest BCUT2D eigenvalue weighted by atomic mass is 16.2. The molecule has 6 aromatic rings. The van der Waals surface area contributed by atoms with E-state index in [1.54, 1.807) is 30.5 Å². The highest BCUT2D eigenvalue weighted by Gasteiger charge is 2.14. The Kier molecular flexibility index (Phi) is 6.60. The SMILES string of the molecule is CC(=O)Nc1ccc(NC(=O)Cc2cn(-c3ccc(Nc4ccc5ncccc5c4)nn3)c3ccccc23)cc1. The van der Waals surface area contributed by atoms with Crippen molar-refractivity contribution in [2.75, 3.05) is 16.0 Å². The summed E-state index contributed by atoms with van der Waals surface area (Å²) < 4.78 is 1.94. The Bertz CT molecular complexity index is 1840. The fourth-order valence-corrected chi connectivity index (χ4v) is 4.62. The molecule has 9 nitrogen and oxygen atoms in total. The van der Waals surface area contributed by atoms with Crippen LogP contribution in [-0.2, 0) is 16.0 Å². The molecule has 6 rings (SSSR count). The van der Waals surface area contributed by atoms with E-state index < -0.39 is 0 Å². The van der Waals surface area contributed by atoms with Gasteiger partial charge >= 0.3 is 0 Å². The number of pyridine rings is 1. The van der Waals surface area contributed by atoms with E-state index in [2.05, 4.69) is 31.1 Å². The summed E-state index contributed by atoms with van der Waals surface area (Å²) in [6.07, 6.45) is 3.89. The number of carbonyl (C=O) groups excluding carboxylic acids is 2. The van der Waals surface area contributed by atoms with Crippen LogP contribution in [0, 0.1) is 0 Å². The standard InChI is InChI=1S/C31H25N7O2/c1-20(39)33-23-8-10-24(11-9-23)35-31(40)18-22-19-38(28-7-3-2-6-26(22)28)30-15-14-29(36-37-30)34-25-12-13-27-21(17-25)5-4-16-32-27/h2-17,19H,18H2,1H3,(H,33,39)(H,34,36)(H,35,40). The van der Waals surface area contributed by atoms with E-state index in [-0.39, 0.29) is 18.2 Å². The van der Waals surface area contributed by atoms with Crippen molar-refractivity contribution in [1.82, 2.24) is 19.7 Å². The van der Waals surface area contributed by atoms with Gasteiger partial charge in [0.1, 0.15) is 0 Å². The van der Waals surface area contributed by atoms with Gasteiger partial charge in [0.05, 0.1) is 17.5 Å². The molecule has 196 valence electrons. The summed E-state index contributed by atoms with van der Waals surface area (Å²) in [5.41, 5.74) is 4.95. The lowest BCUT2D eigenvalue weighted by molar-refractivity contribution is -0.116. The Labute approximate surface area is 229 Å². The second-order valence-electron chi connectivity index (χ2n) is 9.34. The highest BCUT2D eigenvalue weighted by molar-refractivity contribution is 5.96. The van der Waals surface area contributed by atoms with E-state index in [0.29, 0.717) is 23.0 Å². The minimum Gasteiger partial charge on any atom is -0.339 e. The molecule has 3 N–H and O–H groups in total. The first-order valence-electron chi connectivity index (χ1n) is 12.7. The number of fused-ring (bicyclic) bond motifs is 2. The molecule has 0 aliphatic carbocycles. The monoisotopic (exact) mass is 527 g/mol. The number of benzene rings is 3. The zero-order chi connectivity index (χ0) is 27.5. The molecule has 0 spiro atoms. The first-order valence-corrected chi connectivity index (χ1v) is 12.7. The summed E-state index contributed by atoms with van der Waals surface area (Å²) in [4.78, 5) is 28.5. The van der Waals surface area contributed by atoms with Crippen LogP contribution in [0.2, 0.25) is 0 Å². The normalized spacial score (nSPS) is 10.9. The molecule has 40 heavy (non-hydrogen) atoms. The van der Waals surface area contributed by atoms with E-state index >= 15 is 0 Å². The summed E-state index contributed by atoms with van der Waals surface area (Å²) in [7, 11) is 0. The van der Waals surface area contributed by atoms with Crippen molar-refractivity contribution in [1.29, 1.82) is 0 Å². The number of rotatable bonds is 7. The molecule has 0 aliphatic rings. The van der Waals surface area contributed by atoms with Crippen molar-refractivity contribution >= 4 is 56.5 Å². The fourth-order valence-electron chi connectivity index (χ4n) is 4.62. The summed E-state index contributed by atoms with van der Waals surface area (Å²) in [5, 5.41) is 19.8. The van der Waals surface area contributed by atoms with Crippen molar-refractivity contribution in [3.63, 3.8) is 0 Å². The molecule has 0 saturated carbocycles. The highest BCUT2D eigenvalue weighted by Crippen LogP contribution is 2.26. The fraction of sp³-hybridized carbons (Fsp3) is 0.0645. The van der Waals surface area contributed by atoms with Crippen LogP contribution >= 0.6 is 0 Å². The summed E-state index contributed by atoms with van der Waals surface area (Å²) >= 11 is 0. The second-order valence-corrected chi connectivity index (χ2v) is 9.34. The van der Waals surface area contributed by atoms with Crippen LogP contribution in [0.4, 0.5) is 22.9 Å². The molecule has 0 radical (unpaired) electrons. The molecule has 9 heteroatoms. The van der Waals surface area contributed by atoms with E-state index in [1.165, 1.54) is 6.92 Å². The summed E-state index contributed by atoms with van der Waals surface area (Å²) in [6.45, 7) is 1.45. The van der Waals surface area contributed by atoms with Crippen molar-refractivity contribution < 1.29 is 9.59 Å². The Morgan fingerprint density at radius 2 is 1.57 bits per heavy atom. The van der Waals surface area contributed by atoms with Crippen molar-refractivity contribution in [2.45, 2.75) is 13.3 Å². The van der Waals surface area contributed by atoms with Gasteiger partial charge in [0.2, 0.25) is 11.8 Å². The summed E-state index contributed by atoms with van der Waals surface area (Å²) in [6, 6.07) is 28.5. The predicted molar refractivity (Wildman–Crippen MR) is 157 cm³/mol. The number of hydrogen-bond acceptors (Lipinski definition) is 6. The van der Waals surface area contributed by atoms with E-state index in [4.69, 9.17) is 0 Å². The van der Waals surface area contributed by atoms with Crippen molar-refractivity contribution in [3.8, 4) is 5.82 Å². The van der Waals surface area contributed by atoms with Gasteiger partial charge in [-0.1, -0.05) is 24.3 Å². The van der Waals surface area contributed by atoms with Crippen LogP contribution in [0.25, 0.3) is 27.6 Å². The quantitative estimate of drug-likeness (QED) is 0.240. The van der Waals surface area contributed by atoms with Gasteiger partial charge in [-0.25, -0.2) is 0 Å². The number of nitrogens with zero attached hydrogens (tertiary/aromatic N) is 4. The Balaban J connectivity index is 1.19. The zero-order valence-corrected chi connectivity index (χ0v) is 21.6. The van der Waals surface area contributed by atoms with Gasteiger partial charge in [0.25, 0.3) is 0 Å². The van der Waals surface area contributed by atoms with Crippen molar-refractivity contribution in [2.24, 2.45) is 0 Å². The average molecular weight is 528 g/mol. The van der Waals surface area contributed by atoms with Crippen LogP contribution < -0.4 is 16.0 Å². The van der Waals surface area contributed by atoms with E-state index in [0.717, 1.165) is 33.1 Å². The molecular weight excluding hydrogens is 502 g/mol. The summed E-state index contributed by atoms with van der Waals surface area (Å²) in [5.74, 6) is 0.968. The van der Waals surface area contributed by atoms with Gasteiger partial charge < -0.3 is 16.0 Å². The molecule has 3 aromatic heterocycles. The maximum Gasteiger partial charge on any atom is 0.228 e. The van der Waals surface area contributed by atoms with Crippen LogP contribution in [0.15, 0.2) is 103 Å². The molecule has 0 bridgehead atoms. The molecular formula is C31H25N7O2. The minimum absolute atomic E-state index is 0.147. The number of hydrogen-bond donors (Lipinski definition) is 3. The molecule has 2 amide bonds. The third-order valence-corrected chi connectivity index (χ3v) is 6.41. The number of para-hydroxylation sites is 1. The van der Waals surface area contributed by atoms with Gasteiger partial charge in [-0.05, 0) is 72.3 Å². The maximum atomic E-state index is 12.9. The van der Waals surface area contributed by atoms with Gasteiger partial charge in [0, 0.05) is 47.2 Å². The number of anilines is 4. The number of carbonyl (C=O) groups is 2. The van der Waals surface area contributed by atoms with Gasteiger partial charge in [-0.2, -0.15) is 0 Å². The zero-order valence-electron chi connectivity index (χ0n) is 21.6.